The number of rotatable bonds is 5. The number of carboxylic acids is 2. The zero-order valence-electron chi connectivity index (χ0n) is 14.0. The molecule has 2 atom stereocenters. The van der Waals surface area contributed by atoms with Crippen molar-refractivity contribution in [1.29, 1.82) is 0 Å². The van der Waals surface area contributed by atoms with Crippen LogP contribution in [0.5, 0.6) is 0 Å². The van der Waals surface area contributed by atoms with Crippen molar-refractivity contribution >= 4 is 22.9 Å². The van der Waals surface area contributed by atoms with Crippen LogP contribution >= 0.6 is 0 Å². The van der Waals surface area contributed by atoms with Crippen LogP contribution in [-0.4, -0.2) is 22.2 Å². The molecule has 0 saturated heterocycles. The van der Waals surface area contributed by atoms with Crippen molar-refractivity contribution in [3.05, 3.63) is 69.9 Å². The lowest BCUT2D eigenvalue weighted by molar-refractivity contribution is -0.140. The Morgan fingerprint density at radius 2 is 1.56 bits per heavy atom. The Kier molecular flexibility index (Phi) is 4.76. The number of hydrogen-bond donors (Lipinski definition) is 4. The Hall–Kier alpha value is -3.49. The van der Waals surface area contributed by atoms with Crippen LogP contribution in [0, 0.1) is 0 Å². The summed E-state index contributed by atoms with van der Waals surface area (Å²) in [5, 5.41) is 18.7. The maximum atomic E-state index is 12.5. The minimum Gasteiger partial charge on any atom is -0.480 e. The highest BCUT2D eigenvalue weighted by atomic mass is 16.4. The van der Waals surface area contributed by atoms with E-state index in [0.29, 0.717) is 5.56 Å². The van der Waals surface area contributed by atoms with Crippen molar-refractivity contribution in [3.8, 4) is 11.3 Å². The van der Waals surface area contributed by atoms with Crippen molar-refractivity contribution in [2.24, 2.45) is 11.5 Å². The summed E-state index contributed by atoms with van der Waals surface area (Å²) < 4.78 is 5.81. The Balaban J connectivity index is 2.40. The van der Waals surface area contributed by atoms with Gasteiger partial charge in [-0.25, -0.2) is 0 Å². The zero-order valence-corrected chi connectivity index (χ0v) is 14.0. The smallest absolute Gasteiger partial charge is 0.325 e. The van der Waals surface area contributed by atoms with Gasteiger partial charge in [0.05, 0.1) is 5.39 Å². The van der Waals surface area contributed by atoms with Gasteiger partial charge in [0.2, 0.25) is 0 Å². The van der Waals surface area contributed by atoms with Gasteiger partial charge in [-0.15, -0.1) is 0 Å². The van der Waals surface area contributed by atoms with Gasteiger partial charge in [0, 0.05) is 17.2 Å². The van der Waals surface area contributed by atoms with E-state index >= 15 is 0 Å². The van der Waals surface area contributed by atoms with E-state index in [0.717, 1.165) is 0 Å². The lowest BCUT2D eigenvalue weighted by Crippen LogP contribution is -2.28. The minimum absolute atomic E-state index is 0.0294. The Bertz CT molecular complexity index is 1090. The molecule has 8 heteroatoms. The van der Waals surface area contributed by atoms with Crippen LogP contribution in [0.4, 0.5) is 0 Å². The number of carboxylic acid groups (broad SMARTS) is 2. The average Bonchev–Trinajstić information content (AvgIpc) is 2.66. The monoisotopic (exact) mass is 368 g/mol. The summed E-state index contributed by atoms with van der Waals surface area (Å²) in [4.78, 5) is 35.4. The molecule has 0 bridgehead atoms. The molecule has 0 aliphatic rings. The quantitative estimate of drug-likeness (QED) is 0.529. The van der Waals surface area contributed by atoms with E-state index in [1.54, 1.807) is 30.3 Å². The Morgan fingerprint density at radius 1 is 0.926 bits per heavy atom. The summed E-state index contributed by atoms with van der Waals surface area (Å²) in [6.07, 6.45) is 0. The normalized spacial score (nSPS) is 13.3. The Morgan fingerprint density at radius 3 is 2.15 bits per heavy atom. The molecule has 0 radical (unpaired) electrons. The highest BCUT2D eigenvalue weighted by Crippen LogP contribution is 2.32. The molecule has 2 aromatic carbocycles. The van der Waals surface area contributed by atoms with E-state index < -0.39 is 29.5 Å². The highest BCUT2D eigenvalue weighted by Gasteiger charge is 2.28. The van der Waals surface area contributed by atoms with E-state index in [2.05, 4.69) is 0 Å². The third kappa shape index (κ3) is 3.31. The zero-order chi connectivity index (χ0) is 19.7. The van der Waals surface area contributed by atoms with E-state index in [1.165, 1.54) is 18.2 Å². The summed E-state index contributed by atoms with van der Waals surface area (Å²) >= 11 is 0. The molecule has 1 heterocycles. The predicted octanol–water partition coefficient (Wildman–Crippen LogP) is 1.63. The first kappa shape index (κ1) is 18.3. The standard InChI is InChI=1S/C19H16N2O6/c20-15(18(23)24)11-7-6-10-12(22)8-13(9-4-2-1-3-5-9)27-17(10)14(11)16(21)19(25)26/h1-8,15-16H,20-21H2,(H,23,24)(H,25,26). The maximum Gasteiger partial charge on any atom is 0.325 e. The van der Waals surface area contributed by atoms with Gasteiger partial charge in [0.15, 0.2) is 5.43 Å². The molecule has 0 saturated carbocycles. The predicted molar refractivity (Wildman–Crippen MR) is 97.0 cm³/mol. The van der Waals surface area contributed by atoms with E-state index in [9.17, 15) is 24.6 Å². The van der Waals surface area contributed by atoms with Crippen LogP contribution in [0.3, 0.4) is 0 Å². The van der Waals surface area contributed by atoms with Crippen molar-refractivity contribution in [3.63, 3.8) is 0 Å². The second-order valence-electron chi connectivity index (χ2n) is 5.92. The summed E-state index contributed by atoms with van der Waals surface area (Å²) in [7, 11) is 0. The molecule has 27 heavy (non-hydrogen) atoms. The molecule has 6 N–H and O–H groups in total. The number of nitrogens with two attached hydrogens (primary N) is 2. The van der Waals surface area contributed by atoms with Crippen molar-refractivity contribution in [2.75, 3.05) is 0 Å². The van der Waals surface area contributed by atoms with Gasteiger partial charge in [-0.1, -0.05) is 36.4 Å². The largest absolute Gasteiger partial charge is 0.480 e. The SMILES string of the molecule is NC(C(=O)O)c1ccc2c(=O)cc(-c3ccccc3)oc2c1C(N)C(=O)O. The summed E-state index contributed by atoms with van der Waals surface area (Å²) in [5.74, 6) is -2.57. The Labute approximate surface area is 152 Å². The highest BCUT2D eigenvalue weighted by molar-refractivity contribution is 5.90. The summed E-state index contributed by atoms with van der Waals surface area (Å²) in [6, 6.07) is 9.50. The summed E-state index contributed by atoms with van der Waals surface area (Å²) in [6.45, 7) is 0. The average molecular weight is 368 g/mol. The first-order valence-corrected chi connectivity index (χ1v) is 7.94. The van der Waals surface area contributed by atoms with Gasteiger partial charge >= 0.3 is 11.9 Å². The molecule has 138 valence electrons. The first-order chi connectivity index (χ1) is 12.8. The minimum atomic E-state index is -1.62. The first-order valence-electron chi connectivity index (χ1n) is 7.94. The number of carbonyl (C=O) groups is 2. The van der Waals surface area contributed by atoms with Gasteiger partial charge in [-0.2, -0.15) is 0 Å². The van der Waals surface area contributed by atoms with E-state index in [-0.39, 0.29) is 27.9 Å². The molecule has 0 aliphatic carbocycles. The molecule has 3 aromatic rings. The third-order valence-electron chi connectivity index (χ3n) is 4.21. The molecule has 0 aliphatic heterocycles. The van der Waals surface area contributed by atoms with E-state index in [1.807, 2.05) is 0 Å². The lowest BCUT2D eigenvalue weighted by atomic mass is 9.93. The maximum absolute atomic E-state index is 12.5. The van der Waals surface area contributed by atoms with E-state index in [4.69, 9.17) is 15.9 Å². The molecular formula is C19H16N2O6. The van der Waals surface area contributed by atoms with Crippen molar-refractivity contribution < 1.29 is 24.2 Å². The fourth-order valence-electron chi connectivity index (χ4n) is 2.85. The molecular weight excluding hydrogens is 352 g/mol. The number of fused-ring (bicyclic) bond motifs is 1. The molecule has 0 spiro atoms. The number of benzene rings is 2. The van der Waals surface area contributed by atoms with Gasteiger partial charge in [-0.3, -0.25) is 14.4 Å². The molecule has 0 fully saturated rings. The number of aliphatic carboxylic acids is 2. The van der Waals surface area contributed by atoms with Gasteiger partial charge in [0.1, 0.15) is 23.4 Å². The van der Waals surface area contributed by atoms with Gasteiger partial charge in [0.25, 0.3) is 0 Å². The molecule has 0 amide bonds. The molecule has 1 aromatic heterocycles. The number of hydrogen-bond acceptors (Lipinski definition) is 6. The van der Waals surface area contributed by atoms with Crippen LogP contribution < -0.4 is 16.9 Å². The van der Waals surface area contributed by atoms with Crippen LogP contribution in [0.1, 0.15) is 23.2 Å². The fraction of sp³-hybridized carbons (Fsp3) is 0.105. The van der Waals surface area contributed by atoms with Crippen molar-refractivity contribution in [2.45, 2.75) is 12.1 Å². The van der Waals surface area contributed by atoms with Crippen molar-refractivity contribution in [1.82, 2.24) is 0 Å². The van der Waals surface area contributed by atoms with Gasteiger partial charge in [-0.05, 0) is 11.6 Å². The second-order valence-corrected chi connectivity index (χ2v) is 5.92. The molecule has 8 nitrogen and oxygen atoms in total. The summed E-state index contributed by atoms with van der Waals surface area (Å²) in [5.41, 5.74) is 11.4. The topological polar surface area (TPSA) is 157 Å². The molecule has 2 unspecified atom stereocenters. The van der Waals surface area contributed by atoms with Gasteiger partial charge < -0.3 is 26.1 Å². The lowest BCUT2D eigenvalue weighted by Gasteiger charge is -2.18. The van der Waals surface area contributed by atoms with Crippen LogP contribution in [0.25, 0.3) is 22.3 Å². The fourth-order valence-corrected chi connectivity index (χ4v) is 2.85. The second kappa shape index (κ2) is 7.02. The molecule has 3 rings (SSSR count). The van der Waals surface area contributed by atoms with Crippen LogP contribution in [0.2, 0.25) is 0 Å². The van der Waals surface area contributed by atoms with Crippen LogP contribution in [-0.2, 0) is 9.59 Å². The van der Waals surface area contributed by atoms with Crippen LogP contribution in [0.15, 0.2) is 57.7 Å². The third-order valence-corrected chi connectivity index (χ3v) is 4.21.